The lowest BCUT2D eigenvalue weighted by Crippen LogP contribution is -2.35. The zero-order valence-corrected chi connectivity index (χ0v) is 12.2. The van der Waals surface area contributed by atoms with Crippen molar-refractivity contribution in [2.45, 2.75) is 18.9 Å². The van der Waals surface area contributed by atoms with Crippen molar-refractivity contribution in [3.05, 3.63) is 36.8 Å². The summed E-state index contributed by atoms with van der Waals surface area (Å²) in [5, 5.41) is 0. The summed E-state index contributed by atoms with van der Waals surface area (Å²) in [6, 6.07) is 5.66. The Morgan fingerprint density at radius 3 is 2.67 bits per heavy atom. The number of pyridine rings is 2. The summed E-state index contributed by atoms with van der Waals surface area (Å²) in [5.74, 6) is 0.816. The largest absolute Gasteiger partial charge is 0.489 e. The summed E-state index contributed by atoms with van der Waals surface area (Å²) in [6.07, 6.45) is 7.59. The molecule has 110 valence electrons. The van der Waals surface area contributed by atoms with Crippen molar-refractivity contribution in [3.8, 4) is 17.0 Å². The maximum Gasteiger partial charge on any atom is 0.138 e. The van der Waals surface area contributed by atoms with Crippen molar-refractivity contribution in [1.82, 2.24) is 14.9 Å². The van der Waals surface area contributed by atoms with Gasteiger partial charge in [-0.25, -0.2) is 0 Å². The standard InChI is InChI=1S/C16H20N4O/c1-20-8-5-12(6-9-20)21-13-2-3-16(19-10-13)14-11-18-7-4-15(14)17/h2-4,7,10-12H,5-6,8-9H2,1H3,(H2,17,18). The third-order valence-electron chi connectivity index (χ3n) is 3.84. The molecule has 0 radical (unpaired) electrons. The minimum Gasteiger partial charge on any atom is -0.489 e. The molecule has 0 amide bonds. The molecular weight excluding hydrogens is 264 g/mol. The van der Waals surface area contributed by atoms with Crippen LogP contribution in [0.5, 0.6) is 5.75 Å². The summed E-state index contributed by atoms with van der Waals surface area (Å²) in [7, 11) is 2.14. The second-order valence-corrected chi connectivity index (χ2v) is 5.46. The number of ether oxygens (including phenoxy) is 1. The number of rotatable bonds is 3. The molecule has 21 heavy (non-hydrogen) atoms. The molecule has 1 saturated heterocycles. The normalized spacial score (nSPS) is 16.8. The van der Waals surface area contributed by atoms with E-state index in [1.165, 1.54) is 0 Å². The number of hydrogen-bond acceptors (Lipinski definition) is 5. The lowest BCUT2D eigenvalue weighted by molar-refractivity contribution is 0.114. The van der Waals surface area contributed by atoms with E-state index < -0.39 is 0 Å². The fourth-order valence-corrected chi connectivity index (χ4v) is 2.52. The van der Waals surface area contributed by atoms with Crippen LogP contribution in [0.4, 0.5) is 5.69 Å². The molecule has 3 heterocycles. The molecule has 0 aliphatic carbocycles. The Morgan fingerprint density at radius 1 is 1.19 bits per heavy atom. The van der Waals surface area contributed by atoms with Crippen LogP contribution in [-0.4, -0.2) is 41.1 Å². The molecule has 2 aromatic rings. The van der Waals surface area contributed by atoms with Crippen LogP contribution in [0.25, 0.3) is 11.3 Å². The van der Waals surface area contributed by atoms with Crippen molar-refractivity contribution in [1.29, 1.82) is 0 Å². The molecular formula is C16H20N4O. The number of hydrogen-bond donors (Lipinski definition) is 1. The van der Waals surface area contributed by atoms with Gasteiger partial charge in [0.05, 0.1) is 11.9 Å². The molecule has 0 saturated carbocycles. The molecule has 2 N–H and O–H groups in total. The van der Waals surface area contributed by atoms with Crippen LogP contribution in [0.3, 0.4) is 0 Å². The lowest BCUT2D eigenvalue weighted by Gasteiger charge is -2.29. The lowest BCUT2D eigenvalue weighted by atomic mass is 10.1. The first-order chi connectivity index (χ1) is 10.2. The predicted molar refractivity (Wildman–Crippen MR) is 83.0 cm³/mol. The monoisotopic (exact) mass is 284 g/mol. The Morgan fingerprint density at radius 2 is 2.00 bits per heavy atom. The van der Waals surface area contributed by atoms with Crippen LogP contribution >= 0.6 is 0 Å². The van der Waals surface area contributed by atoms with E-state index in [0.29, 0.717) is 5.69 Å². The molecule has 0 atom stereocenters. The van der Waals surface area contributed by atoms with Crippen molar-refractivity contribution in [3.63, 3.8) is 0 Å². The van der Waals surface area contributed by atoms with Gasteiger partial charge in [-0.05, 0) is 38.1 Å². The van der Waals surface area contributed by atoms with Crippen molar-refractivity contribution in [2.24, 2.45) is 0 Å². The van der Waals surface area contributed by atoms with Gasteiger partial charge >= 0.3 is 0 Å². The van der Waals surface area contributed by atoms with Gasteiger partial charge in [-0.3, -0.25) is 9.97 Å². The van der Waals surface area contributed by atoms with Gasteiger partial charge in [-0.15, -0.1) is 0 Å². The van der Waals surface area contributed by atoms with E-state index in [2.05, 4.69) is 21.9 Å². The zero-order valence-electron chi connectivity index (χ0n) is 12.2. The number of aromatic nitrogens is 2. The highest BCUT2D eigenvalue weighted by molar-refractivity contribution is 5.72. The van der Waals surface area contributed by atoms with Gasteiger partial charge in [0, 0.05) is 36.7 Å². The number of piperidine rings is 1. The molecule has 0 aromatic carbocycles. The first-order valence-electron chi connectivity index (χ1n) is 7.23. The van der Waals surface area contributed by atoms with E-state index >= 15 is 0 Å². The number of nitrogens with zero attached hydrogens (tertiary/aromatic N) is 3. The van der Waals surface area contributed by atoms with Crippen LogP contribution in [0.15, 0.2) is 36.8 Å². The summed E-state index contributed by atoms with van der Waals surface area (Å²) in [5.41, 5.74) is 8.29. The Bertz CT molecular complexity index is 591. The third-order valence-corrected chi connectivity index (χ3v) is 3.84. The Balaban J connectivity index is 1.68. The summed E-state index contributed by atoms with van der Waals surface area (Å²) in [4.78, 5) is 10.8. The molecule has 0 unspecified atom stereocenters. The number of anilines is 1. The maximum absolute atomic E-state index is 5.99. The molecule has 0 spiro atoms. The molecule has 5 nitrogen and oxygen atoms in total. The second kappa shape index (κ2) is 6.10. The predicted octanol–water partition coefficient (Wildman–Crippen LogP) is 2.20. The SMILES string of the molecule is CN1CCC(Oc2ccc(-c3cnccc3N)nc2)CC1. The van der Waals surface area contributed by atoms with Gasteiger partial charge in [-0.2, -0.15) is 0 Å². The van der Waals surface area contributed by atoms with E-state index in [9.17, 15) is 0 Å². The topological polar surface area (TPSA) is 64.3 Å². The molecule has 1 aliphatic rings. The third kappa shape index (κ3) is 3.31. The average molecular weight is 284 g/mol. The smallest absolute Gasteiger partial charge is 0.138 e. The van der Waals surface area contributed by atoms with Crippen LogP contribution in [0.1, 0.15) is 12.8 Å². The zero-order chi connectivity index (χ0) is 14.7. The first-order valence-corrected chi connectivity index (χ1v) is 7.23. The fourth-order valence-electron chi connectivity index (χ4n) is 2.52. The molecule has 2 aromatic heterocycles. The van der Waals surface area contributed by atoms with E-state index in [1.807, 2.05) is 12.1 Å². The van der Waals surface area contributed by atoms with Crippen LogP contribution in [-0.2, 0) is 0 Å². The van der Waals surface area contributed by atoms with E-state index in [0.717, 1.165) is 42.9 Å². The van der Waals surface area contributed by atoms with Crippen LogP contribution in [0, 0.1) is 0 Å². The number of likely N-dealkylation sites (tertiary alicyclic amines) is 1. The minimum atomic E-state index is 0.289. The van der Waals surface area contributed by atoms with Gasteiger partial charge in [-0.1, -0.05) is 0 Å². The van der Waals surface area contributed by atoms with E-state index in [4.69, 9.17) is 10.5 Å². The highest BCUT2D eigenvalue weighted by Gasteiger charge is 2.18. The average Bonchev–Trinajstić information content (AvgIpc) is 2.51. The van der Waals surface area contributed by atoms with Gasteiger partial charge in [0.15, 0.2) is 0 Å². The molecule has 1 fully saturated rings. The van der Waals surface area contributed by atoms with Gasteiger partial charge in [0.2, 0.25) is 0 Å². The number of nitrogens with two attached hydrogens (primary N) is 1. The van der Waals surface area contributed by atoms with Gasteiger partial charge < -0.3 is 15.4 Å². The van der Waals surface area contributed by atoms with Crippen molar-refractivity contribution < 1.29 is 4.74 Å². The van der Waals surface area contributed by atoms with E-state index in [1.54, 1.807) is 24.7 Å². The van der Waals surface area contributed by atoms with Gasteiger partial charge in [0.25, 0.3) is 0 Å². The Kier molecular flexibility index (Phi) is 4.01. The maximum atomic E-state index is 5.99. The first kappa shape index (κ1) is 13.8. The van der Waals surface area contributed by atoms with Crippen LogP contribution < -0.4 is 10.5 Å². The summed E-state index contributed by atoms with van der Waals surface area (Å²) < 4.78 is 5.99. The molecule has 3 rings (SSSR count). The summed E-state index contributed by atoms with van der Waals surface area (Å²) >= 11 is 0. The second-order valence-electron chi connectivity index (χ2n) is 5.46. The number of nitrogen functional groups attached to an aromatic ring is 1. The Hall–Kier alpha value is -2.14. The molecule has 5 heteroatoms. The highest BCUT2D eigenvalue weighted by Crippen LogP contribution is 2.25. The molecule has 0 bridgehead atoms. The highest BCUT2D eigenvalue weighted by atomic mass is 16.5. The van der Waals surface area contributed by atoms with Crippen molar-refractivity contribution in [2.75, 3.05) is 25.9 Å². The van der Waals surface area contributed by atoms with E-state index in [-0.39, 0.29) is 6.10 Å². The van der Waals surface area contributed by atoms with Crippen molar-refractivity contribution >= 4 is 5.69 Å². The van der Waals surface area contributed by atoms with Gasteiger partial charge in [0.1, 0.15) is 11.9 Å². The Labute approximate surface area is 124 Å². The van der Waals surface area contributed by atoms with Crippen LogP contribution in [0.2, 0.25) is 0 Å². The quantitative estimate of drug-likeness (QED) is 0.936. The molecule has 1 aliphatic heterocycles. The summed E-state index contributed by atoms with van der Waals surface area (Å²) in [6.45, 7) is 2.17. The minimum absolute atomic E-state index is 0.289. The fraction of sp³-hybridized carbons (Fsp3) is 0.375.